The summed E-state index contributed by atoms with van der Waals surface area (Å²) < 4.78 is 5.67. The number of Topliss-reactive ketones (excluding diaryl/α,β-unsaturated/α-hetero) is 1. The molecule has 2 heterocycles. The number of carbonyl (C=O) groups excluding carboxylic acids is 2. The van der Waals surface area contributed by atoms with Crippen LogP contribution in [0.2, 0.25) is 0 Å². The number of hydrogen-bond acceptors (Lipinski definition) is 5. The van der Waals surface area contributed by atoms with Crippen LogP contribution in [0.5, 0.6) is 0 Å². The Labute approximate surface area is 170 Å². The summed E-state index contributed by atoms with van der Waals surface area (Å²) in [6, 6.07) is 13.4. The third-order valence-electron chi connectivity index (χ3n) is 5.96. The number of ketones is 1. The molecule has 1 aromatic heterocycles. The van der Waals surface area contributed by atoms with Gasteiger partial charge in [0, 0.05) is 24.2 Å². The lowest BCUT2D eigenvalue weighted by molar-refractivity contribution is -0.158. The zero-order chi connectivity index (χ0) is 20.4. The van der Waals surface area contributed by atoms with Crippen LogP contribution in [0, 0.1) is 11.8 Å². The topological polar surface area (TPSA) is 76.5 Å². The van der Waals surface area contributed by atoms with E-state index in [2.05, 4.69) is 4.98 Å². The van der Waals surface area contributed by atoms with Crippen molar-refractivity contribution in [3.8, 4) is 0 Å². The van der Waals surface area contributed by atoms with Gasteiger partial charge in [0.25, 0.3) is 0 Å². The Morgan fingerprint density at radius 2 is 1.79 bits per heavy atom. The molecule has 1 fully saturated rings. The van der Waals surface area contributed by atoms with Crippen LogP contribution in [0.25, 0.3) is 0 Å². The Balaban J connectivity index is 1.64. The molecule has 5 heteroatoms. The normalized spacial score (nSPS) is 21.6. The van der Waals surface area contributed by atoms with Gasteiger partial charge in [0.1, 0.15) is 0 Å². The first-order valence-electron chi connectivity index (χ1n) is 10.2. The molecule has 0 saturated heterocycles. The zero-order valence-corrected chi connectivity index (χ0v) is 16.5. The van der Waals surface area contributed by atoms with Crippen molar-refractivity contribution in [2.24, 2.45) is 11.8 Å². The zero-order valence-electron chi connectivity index (χ0n) is 16.5. The van der Waals surface area contributed by atoms with Crippen molar-refractivity contribution in [2.45, 2.75) is 44.6 Å². The minimum atomic E-state index is -0.958. The van der Waals surface area contributed by atoms with Crippen molar-refractivity contribution in [1.82, 2.24) is 4.98 Å². The van der Waals surface area contributed by atoms with Gasteiger partial charge in [-0.05, 0) is 54.9 Å². The van der Waals surface area contributed by atoms with E-state index in [0.29, 0.717) is 12.8 Å². The van der Waals surface area contributed by atoms with Gasteiger partial charge in [-0.3, -0.25) is 9.78 Å². The van der Waals surface area contributed by atoms with Crippen LogP contribution in [-0.4, -0.2) is 27.9 Å². The summed E-state index contributed by atoms with van der Waals surface area (Å²) in [4.78, 5) is 30.0. The quantitative estimate of drug-likeness (QED) is 0.718. The molecule has 3 atom stereocenters. The second-order valence-corrected chi connectivity index (χ2v) is 7.91. The number of carbonyl (C=O) groups is 2. The first kappa shape index (κ1) is 19.4. The average molecular weight is 391 g/mol. The van der Waals surface area contributed by atoms with Crippen LogP contribution in [0.1, 0.15) is 43.2 Å². The van der Waals surface area contributed by atoms with E-state index in [0.717, 1.165) is 24.0 Å². The predicted octanol–water partition coefficient (Wildman–Crippen LogP) is 4.15. The molecule has 0 radical (unpaired) electrons. The predicted molar refractivity (Wildman–Crippen MR) is 108 cm³/mol. The number of ether oxygens (including phenoxy) is 1. The molecule has 2 aliphatic rings. The highest BCUT2D eigenvalue weighted by molar-refractivity contribution is 6.09. The van der Waals surface area contributed by atoms with Gasteiger partial charge in [-0.2, -0.15) is 0 Å². The second-order valence-electron chi connectivity index (χ2n) is 7.91. The summed E-state index contributed by atoms with van der Waals surface area (Å²) in [5.41, 5.74) is 2.08. The minimum absolute atomic E-state index is 0.124. The van der Waals surface area contributed by atoms with Gasteiger partial charge in [-0.15, -0.1) is 0 Å². The molecule has 1 aliphatic carbocycles. The summed E-state index contributed by atoms with van der Waals surface area (Å²) in [6.45, 7) is 1.96. The molecule has 0 amide bonds. The van der Waals surface area contributed by atoms with E-state index in [1.807, 2.05) is 49.4 Å². The molecule has 0 bridgehead atoms. The van der Waals surface area contributed by atoms with Gasteiger partial charge in [-0.25, -0.2) is 4.79 Å². The summed E-state index contributed by atoms with van der Waals surface area (Å²) in [5.74, 6) is -1.71. The summed E-state index contributed by atoms with van der Waals surface area (Å²) >= 11 is 0. The van der Waals surface area contributed by atoms with Crippen molar-refractivity contribution in [2.75, 3.05) is 0 Å². The van der Waals surface area contributed by atoms with Gasteiger partial charge in [0.2, 0.25) is 5.78 Å². The van der Waals surface area contributed by atoms with Gasteiger partial charge in [0.05, 0.1) is 5.57 Å². The van der Waals surface area contributed by atoms with Gasteiger partial charge < -0.3 is 9.84 Å². The fourth-order valence-electron chi connectivity index (χ4n) is 4.23. The largest absolute Gasteiger partial charge is 0.504 e. The standard InChI is InChI=1S/C24H25NO4/c1-2-16(14-15-10-12-25-13-11-15)23-22(27)21(26)20(24(28)29-23)19(18-8-9-18)17-6-4-3-5-7-17/h3-7,10-13,16,18-19,23,26H,2,8-9,14H2,1H3. The van der Waals surface area contributed by atoms with Crippen molar-refractivity contribution in [3.63, 3.8) is 0 Å². The van der Waals surface area contributed by atoms with Crippen molar-refractivity contribution in [1.29, 1.82) is 0 Å². The molecule has 5 nitrogen and oxygen atoms in total. The molecule has 29 heavy (non-hydrogen) atoms. The molecule has 150 valence electrons. The minimum Gasteiger partial charge on any atom is -0.504 e. The van der Waals surface area contributed by atoms with E-state index in [1.54, 1.807) is 12.4 Å². The molecule has 1 saturated carbocycles. The van der Waals surface area contributed by atoms with E-state index in [9.17, 15) is 14.7 Å². The lowest BCUT2D eigenvalue weighted by atomic mass is 9.81. The maximum absolute atomic E-state index is 13.1. The van der Waals surface area contributed by atoms with Crippen molar-refractivity contribution in [3.05, 3.63) is 77.3 Å². The smallest absolute Gasteiger partial charge is 0.339 e. The van der Waals surface area contributed by atoms with E-state index >= 15 is 0 Å². The van der Waals surface area contributed by atoms with E-state index < -0.39 is 23.6 Å². The van der Waals surface area contributed by atoms with Gasteiger partial charge in [-0.1, -0.05) is 37.3 Å². The Morgan fingerprint density at radius 1 is 1.10 bits per heavy atom. The maximum Gasteiger partial charge on any atom is 0.339 e. The monoisotopic (exact) mass is 391 g/mol. The van der Waals surface area contributed by atoms with E-state index in [1.165, 1.54) is 0 Å². The highest BCUT2D eigenvalue weighted by atomic mass is 16.6. The third-order valence-corrected chi connectivity index (χ3v) is 5.96. The summed E-state index contributed by atoms with van der Waals surface area (Å²) in [6.07, 6.45) is 5.62. The third kappa shape index (κ3) is 3.95. The number of aromatic nitrogens is 1. The number of esters is 1. The molecule has 3 unspecified atom stereocenters. The lowest BCUT2D eigenvalue weighted by Crippen LogP contribution is -2.42. The number of benzene rings is 1. The number of pyridine rings is 1. The number of cyclic esters (lactones) is 1. The van der Waals surface area contributed by atoms with Crippen LogP contribution >= 0.6 is 0 Å². The fourth-order valence-corrected chi connectivity index (χ4v) is 4.23. The first-order chi connectivity index (χ1) is 14.1. The molecule has 0 spiro atoms. The van der Waals surface area contributed by atoms with Gasteiger partial charge in [0.15, 0.2) is 11.9 Å². The molecule has 1 aromatic carbocycles. The lowest BCUT2D eigenvalue weighted by Gasteiger charge is -2.31. The Bertz CT molecular complexity index is 918. The average Bonchev–Trinajstić information content (AvgIpc) is 3.58. The molecular formula is C24H25NO4. The number of rotatable bonds is 7. The van der Waals surface area contributed by atoms with E-state index in [-0.39, 0.29) is 23.3 Å². The second kappa shape index (κ2) is 8.19. The number of aliphatic hydroxyl groups excluding tert-OH is 1. The highest BCUT2D eigenvalue weighted by Gasteiger charge is 2.47. The molecule has 1 N–H and O–H groups in total. The Hall–Kier alpha value is -2.95. The van der Waals surface area contributed by atoms with Crippen LogP contribution in [-0.2, 0) is 20.7 Å². The van der Waals surface area contributed by atoms with Crippen LogP contribution in [0.3, 0.4) is 0 Å². The highest BCUT2D eigenvalue weighted by Crippen LogP contribution is 2.48. The molecule has 2 aromatic rings. The Kier molecular flexibility index (Phi) is 5.47. The molecular weight excluding hydrogens is 366 g/mol. The van der Waals surface area contributed by atoms with Crippen molar-refractivity contribution >= 4 is 11.8 Å². The summed E-state index contributed by atoms with van der Waals surface area (Å²) in [7, 11) is 0. The number of aliphatic hydroxyl groups is 1. The molecule has 1 aliphatic heterocycles. The van der Waals surface area contributed by atoms with Crippen LogP contribution in [0.15, 0.2) is 66.2 Å². The maximum atomic E-state index is 13.1. The molecule has 4 rings (SSSR count). The first-order valence-corrected chi connectivity index (χ1v) is 10.2. The number of nitrogens with zero attached hydrogens (tertiary/aromatic N) is 1. The summed E-state index contributed by atoms with van der Waals surface area (Å²) in [5, 5.41) is 10.8. The number of hydrogen-bond donors (Lipinski definition) is 1. The van der Waals surface area contributed by atoms with Gasteiger partial charge >= 0.3 is 5.97 Å². The van der Waals surface area contributed by atoms with E-state index in [4.69, 9.17) is 4.74 Å². The Morgan fingerprint density at radius 3 is 2.41 bits per heavy atom. The van der Waals surface area contributed by atoms with Crippen LogP contribution in [0.4, 0.5) is 0 Å². The fraction of sp³-hybridized carbons (Fsp3) is 0.375. The van der Waals surface area contributed by atoms with Crippen molar-refractivity contribution < 1.29 is 19.4 Å². The SMILES string of the molecule is CCC(Cc1ccncc1)C1OC(=O)C(C(c2ccccc2)C2CC2)=C(O)C1=O. The van der Waals surface area contributed by atoms with Crippen LogP contribution < -0.4 is 0 Å².